The van der Waals surface area contributed by atoms with Crippen LogP contribution in [0.1, 0.15) is 6.42 Å². The third kappa shape index (κ3) is 5.67. The monoisotopic (exact) mass is 339 g/mol. The summed E-state index contributed by atoms with van der Waals surface area (Å²) >= 11 is 12.0. The smallest absolute Gasteiger partial charge is 0.135 e. The van der Waals surface area contributed by atoms with Gasteiger partial charge in [-0.1, -0.05) is 23.2 Å². The molecule has 0 unspecified atom stereocenters. The van der Waals surface area contributed by atoms with E-state index in [2.05, 4.69) is 39.6 Å². The maximum absolute atomic E-state index is 5.98. The Hall–Kier alpha value is -1.56. The summed E-state index contributed by atoms with van der Waals surface area (Å²) in [5.74, 6) is 1.47. The summed E-state index contributed by atoms with van der Waals surface area (Å²) in [4.78, 5) is 10.5. The van der Waals surface area contributed by atoms with Gasteiger partial charge in [-0.2, -0.15) is 0 Å². The van der Waals surface area contributed by atoms with Gasteiger partial charge in [0.05, 0.1) is 0 Å². The van der Waals surface area contributed by atoms with Crippen LogP contribution in [0.5, 0.6) is 0 Å². The summed E-state index contributed by atoms with van der Waals surface area (Å²) in [6.07, 6.45) is 2.56. The fourth-order valence-electron chi connectivity index (χ4n) is 1.91. The zero-order chi connectivity index (χ0) is 15.9. The molecule has 0 amide bonds. The van der Waals surface area contributed by atoms with E-state index in [0.29, 0.717) is 15.9 Å². The molecule has 0 saturated heterocycles. The highest BCUT2D eigenvalue weighted by atomic mass is 35.5. The second-order valence-electron chi connectivity index (χ2n) is 5.16. The van der Waals surface area contributed by atoms with Crippen molar-refractivity contribution in [3.63, 3.8) is 0 Å². The number of halogens is 2. The summed E-state index contributed by atoms with van der Waals surface area (Å²) < 4.78 is 0. The van der Waals surface area contributed by atoms with Crippen LogP contribution in [0.25, 0.3) is 0 Å². The molecule has 22 heavy (non-hydrogen) atoms. The zero-order valence-corrected chi connectivity index (χ0v) is 14.1. The van der Waals surface area contributed by atoms with Crippen molar-refractivity contribution in [1.82, 2.24) is 14.9 Å². The lowest BCUT2D eigenvalue weighted by Gasteiger charge is -2.11. The molecule has 0 fully saturated rings. The minimum absolute atomic E-state index is 0.575. The van der Waals surface area contributed by atoms with Crippen molar-refractivity contribution in [2.45, 2.75) is 6.42 Å². The molecule has 7 heteroatoms. The topological polar surface area (TPSA) is 53.1 Å². The number of hydrogen-bond acceptors (Lipinski definition) is 5. The van der Waals surface area contributed by atoms with Crippen LogP contribution in [-0.4, -0.2) is 42.1 Å². The van der Waals surface area contributed by atoms with E-state index in [1.807, 2.05) is 6.07 Å². The Balaban J connectivity index is 1.96. The van der Waals surface area contributed by atoms with Gasteiger partial charge in [-0.05, 0) is 45.3 Å². The summed E-state index contributed by atoms with van der Waals surface area (Å²) in [7, 11) is 4.12. The lowest BCUT2D eigenvalue weighted by atomic mass is 10.3. The predicted molar refractivity (Wildman–Crippen MR) is 93.4 cm³/mol. The van der Waals surface area contributed by atoms with Crippen LogP contribution in [-0.2, 0) is 0 Å². The highest BCUT2D eigenvalue weighted by Gasteiger charge is 2.02. The molecule has 0 aliphatic heterocycles. The molecule has 118 valence electrons. The van der Waals surface area contributed by atoms with Crippen molar-refractivity contribution in [3.05, 3.63) is 40.6 Å². The van der Waals surface area contributed by atoms with Crippen LogP contribution in [0.4, 0.5) is 17.3 Å². The van der Waals surface area contributed by atoms with Gasteiger partial charge in [-0.25, -0.2) is 9.97 Å². The zero-order valence-electron chi connectivity index (χ0n) is 12.6. The first kappa shape index (κ1) is 16.8. The summed E-state index contributed by atoms with van der Waals surface area (Å²) in [6.45, 7) is 1.89. The van der Waals surface area contributed by atoms with Crippen LogP contribution < -0.4 is 10.6 Å². The molecule has 0 bridgehead atoms. The quantitative estimate of drug-likeness (QED) is 0.749. The second-order valence-corrected chi connectivity index (χ2v) is 6.03. The molecule has 5 nitrogen and oxygen atoms in total. The van der Waals surface area contributed by atoms with Gasteiger partial charge in [0.1, 0.15) is 18.0 Å². The lowest BCUT2D eigenvalue weighted by molar-refractivity contribution is 0.405. The maximum atomic E-state index is 5.98. The molecule has 2 rings (SSSR count). The van der Waals surface area contributed by atoms with Gasteiger partial charge in [-0.15, -0.1) is 0 Å². The standard InChI is InChI=1S/C15H19Cl2N5/c1-22(2)5-3-4-18-14-9-15(20-10-19-14)21-13-7-11(16)6-12(17)8-13/h6-10H,3-5H2,1-2H3,(H2,18,19,20,21). The van der Waals surface area contributed by atoms with E-state index < -0.39 is 0 Å². The van der Waals surface area contributed by atoms with E-state index in [-0.39, 0.29) is 0 Å². The molecular weight excluding hydrogens is 321 g/mol. The first-order valence-corrected chi connectivity index (χ1v) is 7.72. The van der Waals surface area contributed by atoms with E-state index in [1.54, 1.807) is 18.2 Å². The van der Waals surface area contributed by atoms with Crippen LogP contribution in [0.3, 0.4) is 0 Å². The van der Waals surface area contributed by atoms with E-state index in [1.165, 1.54) is 6.33 Å². The van der Waals surface area contributed by atoms with Gasteiger partial charge < -0.3 is 15.5 Å². The number of nitrogens with one attached hydrogen (secondary N) is 2. The Morgan fingerprint density at radius 1 is 1.00 bits per heavy atom. The Bertz CT molecular complexity index is 598. The van der Waals surface area contributed by atoms with E-state index in [9.17, 15) is 0 Å². The Kier molecular flexibility index (Phi) is 6.24. The molecule has 0 radical (unpaired) electrons. The van der Waals surface area contributed by atoms with E-state index >= 15 is 0 Å². The molecule has 0 aliphatic carbocycles. The largest absolute Gasteiger partial charge is 0.370 e. The summed E-state index contributed by atoms with van der Waals surface area (Å²) in [5.41, 5.74) is 0.787. The third-order valence-electron chi connectivity index (χ3n) is 2.89. The van der Waals surface area contributed by atoms with Gasteiger partial charge in [0.25, 0.3) is 0 Å². The van der Waals surface area contributed by atoms with Crippen molar-refractivity contribution in [3.8, 4) is 0 Å². The van der Waals surface area contributed by atoms with Gasteiger partial charge in [-0.3, -0.25) is 0 Å². The number of anilines is 3. The average molecular weight is 340 g/mol. The van der Waals surface area contributed by atoms with Gasteiger partial charge in [0, 0.05) is 28.3 Å². The molecule has 0 saturated carbocycles. The van der Waals surface area contributed by atoms with Crippen LogP contribution >= 0.6 is 23.2 Å². The molecule has 0 aliphatic rings. The Morgan fingerprint density at radius 3 is 2.36 bits per heavy atom. The molecule has 1 heterocycles. The van der Waals surface area contributed by atoms with Crippen molar-refractivity contribution in [2.24, 2.45) is 0 Å². The third-order valence-corrected chi connectivity index (χ3v) is 3.33. The van der Waals surface area contributed by atoms with Gasteiger partial charge in [0.2, 0.25) is 0 Å². The number of rotatable bonds is 7. The minimum Gasteiger partial charge on any atom is -0.370 e. The maximum Gasteiger partial charge on any atom is 0.135 e. The van der Waals surface area contributed by atoms with Gasteiger partial charge >= 0.3 is 0 Å². The first-order chi connectivity index (χ1) is 10.5. The predicted octanol–water partition coefficient (Wildman–Crippen LogP) is 3.89. The van der Waals surface area contributed by atoms with Crippen molar-refractivity contribution in [1.29, 1.82) is 0 Å². The number of nitrogens with zero attached hydrogens (tertiary/aromatic N) is 3. The fraction of sp³-hybridized carbons (Fsp3) is 0.333. The second kappa shape index (κ2) is 8.17. The number of aromatic nitrogens is 2. The summed E-state index contributed by atoms with van der Waals surface area (Å²) in [6, 6.07) is 7.12. The van der Waals surface area contributed by atoms with Crippen LogP contribution in [0, 0.1) is 0 Å². The fourth-order valence-corrected chi connectivity index (χ4v) is 2.43. The molecule has 0 spiro atoms. The van der Waals surface area contributed by atoms with Crippen molar-refractivity contribution < 1.29 is 0 Å². The van der Waals surface area contributed by atoms with E-state index in [0.717, 1.165) is 31.0 Å². The SMILES string of the molecule is CN(C)CCCNc1cc(Nc2cc(Cl)cc(Cl)c2)ncn1. The van der Waals surface area contributed by atoms with Gasteiger partial charge in [0.15, 0.2) is 0 Å². The van der Waals surface area contributed by atoms with Crippen molar-refractivity contribution in [2.75, 3.05) is 37.8 Å². The number of hydrogen-bond donors (Lipinski definition) is 2. The first-order valence-electron chi connectivity index (χ1n) is 6.97. The molecular formula is C15H19Cl2N5. The minimum atomic E-state index is 0.575. The highest BCUT2D eigenvalue weighted by molar-refractivity contribution is 6.35. The van der Waals surface area contributed by atoms with E-state index in [4.69, 9.17) is 23.2 Å². The van der Waals surface area contributed by atoms with Crippen LogP contribution in [0.2, 0.25) is 10.0 Å². The summed E-state index contributed by atoms with van der Waals surface area (Å²) in [5, 5.41) is 7.60. The molecule has 2 aromatic rings. The Morgan fingerprint density at radius 2 is 1.68 bits per heavy atom. The molecule has 1 aromatic heterocycles. The molecule has 1 aromatic carbocycles. The van der Waals surface area contributed by atoms with Crippen molar-refractivity contribution >= 4 is 40.5 Å². The lowest BCUT2D eigenvalue weighted by Crippen LogP contribution is -2.16. The number of benzene rings is 1. The molecule has 0 atom stereocenters. The molecule has 2 N–H and O–H groups in total. The highest BCUT2D eigenvalue weighted by Crippen LogP contribution is 2.24. The Labute approximate surface area is 140 Å². The average Bonchev–Trinajstić information content (AvgIpc) is 2.43. The van der Waals surface area contributed by atoms with Crippen LogP contribution in [0.15, 0.2) is 30.6 Å². The normalized spacial score (nSPS) is 10.8.